The Morgan fingerprint density at radius 2 is 1.93 bits per heavy atom. The zero-order valence-corrected chi connectivity index (χ0v) is 17.5. The van der Waals surface area contributed by atoms with Crippen LogP contribution in [0.25, 0.3) is 11.3 Å². The lowest BCUT2D eigenvalue weighted by Crippen LogP contribution is -2.30. The first kappa shape index (κ1) is 18.4. The molecule has 0 bridgehead atoms. The zero-order valence-electron chi connectivity index (χ0n) is 15.9. The van der Waals surface area contributed by atoms with E-state index in [1.54, 1.807) is 11.1 Å². The second kappa shape index (κ2) is 7.02. The Morgan fingerprint density at radius 1 is 1.17 bits per heavy atom. The number of halogens is 1. The SMILES string of the molecule is O=C(O)N1CC2(CC1c1ncc(-c3ccc(Br)cc3)[nH]1)CC2Cc1ccccc1. The van der Waals surface area contributed by atoms with Gasteiger partial charge in [0.05, 0.1) is 17.9 Å². The van der Waals surface area contributed by atoms with Crippen LogP contribution in [0.5, 0.6) is 0 Å². The van der Waals surface area contributed by atoms with Crippen molar-refractivity contribution in [3.63, 3.8) is 0 Å². The molecule has 1 aliphatic heterocycles. The number of amides is 1. The van der Waals surface area contributed by atoms with Crippen molar-refractivity contribution in [2.45, 2.75) is 25.3 Å². The first-order chi connectivity index (χ1) is 14.0. The van der Waals surface area contributed by atoms with Crippen LogP contribution < -0.4 is 0 Å². The summed E-state index contributed by atoms with van der Waals surface area (Å²) in [5.41, 5.74) is 3.37. The number of aromatic nitrogens is 2. The average Bonchev–Trinajstić information content (AvgIpc) is 3.07. The van der Waals surface area contributed by atoms with E-state index < -0.39 is 6.09 Å². The fourth-order valence-electron chi connectivity index (χ4n) is 4.80. The van der Waals surface area contributed by atoms with E-state index in [9.17, 15) is 9.90 Å². The van der Waals surface area contributed by atoms with Crippen molar-refractivity contribution in [3.8, 4) is 11.3 Å². The monoisotopic (exact) mass is 451 g/mol. The maximum Gasteiger partial charge on any atom is 0.407 e. The number of hydrogen-bond donors (Lipinski definition) is 2. The molecule has 1 saturated heterocycles. The summed E-state index contributed by atoms with van der Waals surface area (Å²) >= 11 is 3.45. The smallest absolute Gasteiger partial charge is 0.407 e. The molecule has 2 aliphatic rings. The third-order valence-corrected chi connectivity index (χ3v) is 6.99. The topological polar surface area (TPSA) is 69.2 Å². The van der Waals surface area contributed by atoms with Crippen LogP contribution >= 0.6 is 15.9 Å². The van der Waals surface area contributed by atoms with Gasteiger partial charge in [0, 0.05) is 11.0 Å². The molecule has 1 aromatic heterocycles. The van der Waals surface area contributed by atoms with E-state index >= 15 is 0 Å². The highest BCUT2D eigenvalue weighted by Crippen LogP contribution is 2.63. The largest absolute Gasteiger partial charge is 0.465 e. The Bertz CT molecular complexity index is 1030. The molecule has 1 amide bonds. The van der Waals surface area contributed by atoms with Crippen LogP contribution in [-0.4, -0.2) is 32.6 Å². The number of nitrogens with zero attached hydrogens (tertiary/aromatic N) is 2. The number of carboxylic acid groups (broad SMARTS) is 1. The summed E-state index contributed by atoms with van der Waals surface area (Å²) in [6, 6.07) is 18.3. The van der Waals surface area contributed by atoms with E-state index in [0.29, 0.717) is 12.5 Å². The summed E-state index contributed by atoms with van der Waals surface area (Å²) in [6.45, 7) is 0.596. The molecule has 1 saturated carbocycles. The molecule has 5 nitrogen and oxygen atoms in total. The average molecular weight is 452 g/mol. The number of nitrogens with one attached hydrogen (secondary N) is 1. The predicted molar refractivity (Wildman–Crippen MR) is 114 cm³/mol. The molecular formula is C23H22BrN3O2. The van der Waals surface area contributed by atoms with Crippen molar-refractivity contribution in [2.24, 2.45) is 11.3 Å². The van der Waals surface area contributed by atoms with Crippen molar-refractivity contribution in [3.05, 3.63) is 76.7 Å². The van der Waals surface area contributed by atoms with Gasteiger partial charge in [-0.2, -0.15) is 0 Å². The highest BCUT2D eigenvalue weighted by Gasteiger charge is 2.61. The predicted octanol–water partition coefficient (Wildman–Crippen LogP) is 5.51. The lowest BCUT2D eigenvalue weighted by molar-refractivity contribution is 0.137. The van der Waals surface area contributed by atoms with Crippen LogP contribution in [-0.2, 0) is 6.42 Å². The van der Waals surface area contributed by atoms with Crippen LogP contribution in [0.1, 0.15) is 30.3 Å². The van der Waals surface area contributed by atoms with Crippen molar-refractivity contribution in [2.75, 3.05) is 6.54 Å². The molecular weight excluding hydrogens is 430 g/mol. The highest BCUT2D eigenvalue weighted by atomic mass is 79.9. The Labute approximate surface area is 177 Å². The quantitative estimate of drug-likeness (QED) is 0.548. The van der Waals surface area contributed by atoms with Crippen LogP contribution in [0, 0.1) is 11.3 Å². The van der Waals surface area contributed by atoms with Gasteiger partial charge in [-0.1, -0.05) is 58.4 Å². The van der Waals surface area contributed by atoms with Gasteiger partial charge in [-0.15, -0.1) is 0 Å². The van der Waals surface area contributed by atoms with Crippen LogP contribution in [0.4, 0.5) is 4.79 Å². The van der Waals surface area contributed by atoms with E-state index in [2.05, 4.69) is 50.2 Å². The van der Waals surface area contributed by atoms with Gasteiger partial charge in [0.15, 0.2) is 0 Å². The molecule has 2 heterocycles. The van der Waals surface area contributed by atoms with Crippen molar-refractivity contribution in [1.82, 2.24) is 14.9 Å². The van der Waals surface area contributed by atoms with Gasteiger partial charge < -0.3 is 10.1 Å². The van der Waals surface area contributed by atoms with Gasteiger partial charge in [-0.05, 0) is 53.9 Å². The Morgan fingerprint density at radius 3 is 2.66 bits per heavy atom. The molecule has 1 spiro atoms. The molecule has 29 heavy (non-hydrogen) atoms. The maximum atomic E-state index is 12.0. The van der Waals surface area contributed by atoms with Crippen molar-refractivity contribution in [1.29, 1.82) is 0 Å². The Balaban J connectivity index is 1.36. The van der Waals surface area contributed by atoms with E-state index in [4.69, 9.17) is 0 Å². The molecule has 2 N–H and O–H groups in total. The minimum Gasteiger partial charge on any atom is -0.465 e. The lowest BCUT2D eigenvalue weighted by Gasteiger charge is -2.19. The summed E-state index contributed by atoms with van der Waals surface area (Å²) in [6.07, 6.45) is 3.88. The third kappa shape index (κ3) is 3.46. The fourth-order valence-corrected chi connectivity index (χ4v) is 5.06. The molecule has 6 heteroatoms. The number of carbonyl (C=O) groups is 1. The van der Waals surface area contributed by atoms with E-state index in [-0.39, 0.29) is 11.5 Å². The van der Waals surface area contributed by atoms with Gasteiger partial charge >= 0.3 is 6.09 Å². The number of aromatic amines is 1. The number of likely N-dealkylation sites (tertiary alicyclic amines) is 1. The summed E-state index contributed by atoms with van der Waals surface area (Å²) in [4.78, 5) is 21.5. The molecule has 3 unspecified atom stereocenters. The summed E-state index contributed by atoms with van der Waals surface area (Å²) in [5, 5.41) is 9.81. The van der Waals surface area contributed by atoms with Gasteiger partial charge in [0.25, 0.3) is 0 Å². The normalized spacial score (nSPS) is 25.5. The van der Waals surface area contributed by atoms with Gasteiger partial charge in [0.2, 0.25) is 0 Å². The first-order valence-corrected chi connectivity index (χ1v) is 10.7. The second-order valence-corrected chi connectivity index (χ2v) is 9.19. The number of imidazole rings is 1. The standard InChI is InChI=1S/C23H22BrN3O2/c24-18-8-6-16(7-9-18)19-13-25-21(26-19)20-12-23(14-27(20)22(28)29)11-17(23)10-15-4-2-1-3-5-15/h1-9,13,17,20H,10-12,14H2,(H,25,26)(H,28,29). The minimum absolute atomic E-state index is 0.0868. The van der Waals surface area contributed by atoms with E-state index in [0.717, 1.165) is 40.8 Å². The molecule has 5 rings (SSSR count). The summed E-state index contributed by atoms with van der Waals surface area (Å²) in [5.74, 6) is 1.28. The molecule has 148 valence electrons. The van der Waals surface area contributed by atoms with Crippen molar-refractivity contribution < 1.29 is 9.90 Å². The first-order valence-electron chi connectivity index (χ1n) is 9.88. The number of rotatable bonds is 4. The highest BCUT2D eigenvalue weighted by molar-refractivity contribution is 9.10. The summed E-state index contributed by atoms with van der Waals surface area (Å²) < 4.78 is 1.02. The minimum atomic E-state index is -0.862. The molecule has 3 aromatic rings. The molecule has 0 radical (unpaired) electrons. The maximum absolute atomic E-state index is 12.0. The molecule has 2 fully saturated rings. The Kier molecular flexibility index (Phi) is 4.46. The fraction of sp³-hybridized carbons (Fsp3) is 0.304. The Hall–Kier alpha value is -2.60. The van der Waals surface area contributed by atoms with Gasteiger partial charge in [-0.25, -0.2) is 9.78 Å². The van der Waals surface area contributed by atoms with Crippen LogP contribution in [0.3, 0.4) is 0 Å². The van der Waals surface area contributed by atoms with Crippen molar-refractivity contribution >= 4 is 22.0 Å². The van der Waals surface area contributed by atoms with E-state index in [1.165, 1.54) is 5.56 Å². The van der Waals surface area contributed by atoms with Crippen LogP contribution in [0.15, 0.2) is 65.3 Å². The number of H-pyrrole nitrogens is 1. The number of hydrogen-bond acceptors (Lipinski definition) is 2. The van der Waals surface area contributed by atoms with Gasteiger partial charge in [0.1, 0.15) is 5.82 Å². The van der Waals surface area contributed by atoms with Gasteiger partial charge in [-0.3, -0.25) is 4.90 Å². The summed E-state index contributed by atoms with van der Waals surface area (Å²) in [7, 11) is 0. The van der Waals surface area contributed by atoms with E-state index in [1.807, 2.05) is 30.3 Å². The molecule has 2 aromatic carbocycles. The molecule has 1 aliphatic carbocycles. The second-order valence-electron chi connectivity index (χ2n) is 8.27. The lowest BCUT2D eigenvalue weighted by atomic mass is 9.96. The zero-order chi connectivity index (χ0) is 20.0. The van der Waals surface area contributed by atoms with Crippen LogP contribution in [0.2, 0.25) is 0 Å². The third-order valence-electron chi connectivity index (χ3n) is 6.46. The number of benzene rings is 2. The molecule has 3 atom stereocenters.